The summed E-state index contributed by atoms with van der Waals surface area (Å²) >= 11 is 0. The maximum absolute atomic E-state index is 12.6. The molecule has 2 atom stereocenters. The summed E-state index contributed by atoms with van der Waals surface area (Å²) in [6, 6.07) is 6.45. The lowest BCUT2D eigenvalue weighted by Crippen LogP contribution is -2.42. The van der Waals surface area contributed by atoms with E-state index in [2.05, 4.69) is 16.7 Å². The third-order valence-electron chi connectivity index (χ3n) is 4.73. The molecule has 2 fully saturated rings. The van der Waals surface area contributed by atoms with E-state index >= 15 is 0 Å². The number of amides is 2. The van der Waals surface area contributed by atoms with Crippen molar-refractivity contribution in [1.82, 2.24) is 10.6 Å². The fraction of sp³-hybridized carbons (Fsp3) is 0.556. The summed E-state index contributed by atoms with van der Waals surface area (Å²) in [6.07, 6.45) is 2.84. The van der Waals surface area contributed by atoms with Crippen LogP contribution in [0.5, 0.6) is 0 Å². The molecule has 5 nitrogen and oxygen atoms in total. The van der Waals surface area contributed by atoms with E-state index in [1.54, 1.807) is 4.90 Å². The molecule has 1 aromatic carbocycles. The first-order valence-corrected chi connectivity index (χ1v) is 8.45. The smallest absolute Gasteiger partial charge is 0.239 e. The van der Waals surface area contributed by atoms with Crippen LogP contribution in [0.15, 0.2) is 18.2 Å². The van der Waals surface area contributed by atoms with Crippen LogP contribution in [-0.4, -0.2) is 37.5 Å². The zero-order chi connectivity index (χ0) is 16.4. The number of rotatable bonds is 4. The Bertz CT molecular complexity index is 594. The number of halogens is 1. The fourth-order valence-corrected chi connectivity index (χ4v) is 3.56. The van der Waals surface area contributed by atoms with Crippen LogP contribution in [0.25, 0.3) is 0 Å². The minimum atomic E-state index is -0.544. The van der Waals surface area contributed by atoms with Crippen molar-refractivity contribution in [3.63, 3.8) is 0 Å². The van der Waals surface area contributed by atoms with Crippen molar-refractivity contribution < 1.29 is 9.59 Å². The van der Waals surface area contributed by atoms with Crippen LogP contribution in [0.4, 0.5) is 5.69 Å². The first-order chi connectivity index (χ1) is 11.0. The maximum Gasteiger partial charge on any atom is 0.239 e. The van der Waals surface area contributed by atoms with Gasteiger partial charge in [-0.1, -0.05) is 6.07 Å². The Hall–Kier alpha value is -1.59. The van der Waals surface area contributed by atoms with Crippen molar-refractivity contribution >= 4 is 29.9 Å². The Morgan fingerprint density at radius 1 is 1.25 bits per heavy atom. The Morgan fingerprint density at radius 3 is 2.58 bits per heavy atom. The van der Waals surface area contributed by atoms with Gasteiger partial charge in [0.1, 0.15) is 5.92 Å². The highest BCUT2D eigenvalue weighted by Crippen LogP contribution is 2.27. The number of aryl methyl sites for hydroxylation is 2. The maximum atomic E-state index is 12.6. The number of nitrogens with zero attached hydrogens (tertiary/aromatic N) is 1. The van der Waals surface area contributed by atoms with E-state index in [0.29, 0.717) is 25.6 Å². The number of carbonyl (C=O) groups excluding carboxylic acids is 2. The summed E-state index contributed by atoms with van der Waals surface area (Å²) in [4.78, 5) is 26.7. The largest absolute Gasteiger partial charge is 0.354 e. The van der Waals surface area contributed by atoms with Crippen molar-refractivity contribution in [3.05, 3.63) is 29.3 Å². The zero-order valence-corrected chi connectivity index (χ0v) is 15.1. The number of hydrogen-bond donors (Lipinski definition) is 2. The number of anilines is 1. The van der Waals surface area contributed by atoms with Crippen molar-refractivity contribution in [1.29, 1.82) is 0 Å². The molecule has 0 aromatic heterocycles. The number of hydrogen-bond acceptors (Lipinski definition) is 3. The normalized spacial score (nSPS) is 23.2. The van der Waals surface area contributed by atoms with Crippen molar-refractivity contribution in [2.24, 2.45) is 5.92 Å². The van der Waals surface area contributed by atoms with Crippen LogP contribution < -0.4 is 15.5 Å². The Morgan fingerprint density at radius 2 is 1.96 bits per heavy atom. The second kappa shape index (κ2) is 7.99. The molecular weight excluding hydrogens is 326 g/mol. The summed E-state index contributed by atoms with van der Waals surface area (Å²) < 4.78 is 0. The van der Waals surface area contributed by atoms with E-state index in [0.717, 1.165) is 36.2 Å². The molecule has 2 saturated heterocycles. The van der Waals surface area contributed by atoms with E-state index in [1.807, 2.05) is 26.0 Å². The van der Waals surface area contributed by atoms with Gasteiger partial charge in [-0.05, 0) is 62.9 Å². The Balaban J connectivity index is 0.00000208. The van der Waals surface area contributed by atoms with Crippen LogP contribution in [0, 0.1) is 19.8 Å². The summed E-state index contributed by atoms with van der Waals surface area (Å²) in [5, 5.41) is 6.29. The highest BCUT2D eigenvalue weighted by Gasteiger charge is 2.37. The Kier molecular flexibility index (Phi) is 6.24. The van der Waals surface area contributed by atoms with Crippen LogP contribution in [0.3, 0.4) is 0 Å². The van der Waals surface area contributed by atoms with Crippen molar-refractivity contribution in [2.75, 3.05) is 24.5 Å². The third-order valence-corrected chi connectivity index (χ3v) is 4.73. The molecule has 6 heteroatoms. The summed E-state index contributed by atoms with van der Waals surface area (Å²) in [6.45, 7) is 6.29. The predicted molar refractivity (Wildman–Crippen MR) is 97.7 cm³/mol. The van der Waals surface area contributed by atoms with E-state index in [-0.39, 0.29) is 24.2 Å². The number of benzene rings is 1. The topological polar surface area (TPSA) is 61.4 Å². The van der Waals surface area contributed by atoms with Crippen LogP contribution in [0.2, 0.25) is 0 Å². The minimum absolute atomic E-state index is 0. The van der Waals surface area contributed by atoms with E-state index in [4.69, 9.17) is 0 Å². The van der Waals surface area contributed by atoms with Gasteiger partial charge in [-0.25, -0.2) is 0 Å². The molecule has 1 aromatic rings. The highest BCUT2D eigenvalue weighted by molar-refractivity contribution is 6.09. The highest BCUT2D eigenvalue weighted by atomic mass is 35.5. The SMILES string of the molecule is Cc1cc(C)cc(N2CCC(C(=O)NCC3CCCN3)C2=O)c1.Cl. The van der Waals surface area contributed by atoms with Gasteiger partial charge >= 0.3 is 0 Å². The zero-order valence-electron chi connectivity index (χ0n) is 14.3. The molecular formula is C18H26ClN3O2. The molecule has 0 bridgehead atoms. The molecule has 2 heterocycles. The number of carbonyl (C=O) groups is 2. The predicted octanol–water partition coefficient (Wildman–Crippen LogP) is 1.95. The minimum Gasteiger partial charge on any atom is -0.354 e. The first kappa shape index (κ1) is 18.7. The van der Waals surface area contributed by atoms with Gasteiger partial charge in [0.15, 0.2) is 0 Å². The molecule has 2 N–H and O–H groups in total. The second-order valence-corrected chi connectivity index (χ2v) is 6.72. The second-order valence-electron chi connectivity index (χ2n) is 6.72. The quantitative estimate of drug-likeness (QED) is 0.815. The van der Waals surface area contributed by atoms with Gasteiger partial charge < -0.3 is 15.5 Å². The Labute approximate surface area is 149 Å². The van der Waals surface area contributed by atoms with Gasteiger partial charge in [-0.15, -0.1) is 12.4 Å². The van der Waals surface area contributed by atoms with Crippen molar-refractivity contribution in [2.45, 2.75) is 39.2 Å². The average Bonchev–Trinajstić information content (AvgIpc) is 3.13. The standard InChI is InChI=1S/C18H25N3O2.ClH/c1-12-8-13(2)10-15(9-12)21-7-5-16(18(21)23)17(22)20-11-14-4-3-6-19-14;/h8-10,14,16,19H,3-7,11H2,1-2H3,(H,20,22);1H. The monoisotopic (exact) mass is 351 g/mol. The molecule has 2 aliphatic heterocycles. The van der Waals surface area contributed by atoms with E-state index in [9.17, 15) is 9.59 Å². The van der Waals surface area contributed by atoms with Crippen LogP contribution in [0.1, 0.15) is 30.4 Å². The molecule has 0 aliphatic carbocycles. The molecule has 132 valence electrons. The van der Waals surface area contributed by atoms with E-state index < -0.39 is 5.92 Å². The van der Waals surface area contributed by atoms with Gasteiger partial charge in [0.25, 0.3) is 0 Å². The summed E-state index contributed by atoms with van der Waals surface area (Å²) in [5.74, 6) is -0.750. The number of nitrogens with one attached hydrogen (secondary N) is 2. The van der Waals surface area contributed by atoms with Crippen LogP contribution in [-0.2, 0) is 9.59 Å². The van der Waals surface area contributed by atoms with Gasteiger partial charge in [0.2, 0.25) is 11.8 Å². The average molecular weight is 352 g/mol. The first-order valence-electron chi connectivity index (χ1n) is 8.45. The van der Waals surface area contributed by atoms with Gasteiger partial charge in [-0.2, -0.15) is 0 Å². The molecule has 2 aliphatic rings. The van der Waals surface area contributed by atoms with Crippen LogP contribution >= 0.6 is 12.4 Å². The van der Waals surface area contributed by atoms with Gasteiger partial charge in [0.05, 0.1) is 0 Å². The molecule has 3 rings (SSSR count). The lowest BCUT2D eigenvalue weighted by molar-refractivity contribution is -0.132. The van der Waals surface area contributed by atoms with Crippen molar-refractivity contribution in [3.8, 4) is 0 Å². The molecule has 0 radical (unpaired) electrons. The molecule has 2 amide bonds. The third kappa shape index (κ3) is 4.08. The van der Waals surface area contributed by atoms with Gasteiger partial charge in [-0.3, -0.25) is 9.59 Å². The lowest BCUT2D eigenvalue weighted by atomic mass is 10.1. The van der Waals surface area contributed by atoms with E-state index in [1.165, 1.54) is 0 Å². The van der Waals surface area contributed by atoms with Gasteiger partial charge in [0, 0.05) is 24.8 Å². The lowest BCUT2D eigenvalue weighted by Gasteiger charge is -2.18. The molecule has 0 spiro atoms. The summed E-state index contributed by atoms with van der Waals surface area (Å²) in [5.41, 5.74) is 3.17. The summed E-state index contributed by atoms with van der Waals surface area (Å²) in [7, 11) is 0. The molecule has 0 saturated carbocycles. The molecule has 24 heavy (non-hydrogen) atoms. The molecule has 2 unspecified atom stereocenters. The fourth-order valence-electron chi connectivity index (χ4n) is 3.56.